The van der Waals surface area contributed by atoms with E-state index in [1.165, 1.54) is 6.38 Å². The molecule has 54 valence electrons. The maximum Gasteiger partial charge on any atom is 1.00 e. The molecule has 0 aliphatic heterocycles. The first-order chi connectivity index (χ1) is 4.13. The molecule has 0 aromatic heterocycles. The van der Waals surface area contributed by atoms with E-state index < -0.39 is 16.5 Å². The monoisotopic (exact) mass is 232 g/mol. The van der Waals surface area contributed by atoms with Gasteiger partial charge in [0.25, 0.3) is 0 Å². The zero-order chi connectivity index (χ0) is 7.86. The fraction of sp³-hybridized carbons (Fsp3) is 1.00. The molecule has 0 aromatic carbocycles. The summed E-state index contributed by atoms with van der Waals surface area (Å²) >= 11 is 4.64. The quantitative estimate of drug-likeness (QED) is 0.324. The summed E-state index contributed by atoms with van der Waals surface area (Å²) in [6, 6.07) is 0. The van der Waals surface area contributed by atoms with E-state index in [4.69, 9.17) is 4.89 Å². The summed E-state index contributed by atoms with van der Waals surface area (Å²) in [5.74, 6) is 0. The fourth-order valence-corrected chi connectivity index (χ4v) is 0.513. The molecule has 2 atom stereocenters. The van der Waals surface area contributed by atoms with Crippen LogP contribution in [0.5, 0.6) is 0 Å². The van der Waals surface area contributed by atoms with Crippen molar-refractivity contribution in [3.63, 3.8) is 0 Å². The minimum atomic E-state index is -3.17. The first-order valence-corrected chi connectivity index (χ1v) is 4.47. The van der Waals surface area contributed by atoms with E-state index in [0.717, 1.165) is 0 Å². The van der Waals surface area contributed by atoms with Crippen molar-refractivity contribution in [2.24, 2.45) is 0 Å². The molecule has 1 N–H and O–H groups in total. The Morgan fingerprint density at radius 3 is 1.80 bits per heavy atom. The predicted octanol–water partition coefficient (Wildman–Crippen LogP) is -2.47. The zero-order valence-corrected chi connectivity index (χ0v) is 11.0. The van der Waals surface area contributed by atoms with Crippen molar-refractivity contribution in [1.82, 2.24) is 0 Å². The smallest absolute Gasteiger partial charge is 0.563 e. The molecule has 0 aliphatic carbocycles. The summed E-state index contributed by atoms with van der Waals surface area (Å²) in [7, 11) is -6.16. The van der Waals surface area contributed by atoms with Crippen LogP contribution in [0.1, 0.15) is 0 Å². The Morgan fingerprint density at radius 2 is 1.80 bits per heavy atom. The third kappa shape index (κ3) is 22.5. The van der Waals surface area contributed by atoms with Crippen LogP contribution < -0.4 is 56.3 Å². The van der Waals surface area contributed by atoms with Gasteiger partial charge in [-0.25, -0.2) is 0 Å². The van der Waals surface area contributed by atoms with Gasteiger partial charge in [0, 0.05) is 10.9 Å². The molecule has 0 aromatic rings. The van der Waals surface area contributed by atoms with E-state index >= 15 is 0 Å². The van der Waals surface area contributed by atoms with Crippen LogP contribution in [0.3, 0.4) is 0 Å². The van der Waals surface area contributed by atoms with Gasteiger partial charge >= 0.3 is 67.9 Å². The van der Waals surface area contributed by atoms with E-state index in [0.29, 0.717) is 0 Å². The van der Waals surface area contributed by atoms with Gasteiger partial charge in [-0.3, -0.25) is 0 Å². The van der Waals surface area contributed by atoms with Gasteiger partial charge in [0.1, 0.15) is 4.31 Å². The number of alkyl halides is 1. The van der Waals surface area contributed by atoms with Crippen molar-refractivity contribution >= 4 is 28.1 Å². The Labute approximate surface area is 107 Å². The van der Waals surface area contributed by atoms with Crippen LogP contribution in [0, 0.1) is 0 Å². The molecule has 0 fully saturated rings. The van der Waals surface area contributed by atoms with Crippen molar-refractivity contribution in [3.05, 3.63) is 0 Å². The van der Waals surface area contributed by atoms with Crippen molar-refractivity contribution < 1.29 is 74.6 Å². The van der Waals surface area contributed by atoms with Crippen molar-refractivity contribution in [1.29, 1.82) is 0 Å². The van der Waals surface area contributed by atoms with Crippen molar-refractivity contribution in [2.45, 2.75) is 0 Å². The molecule has 0 bridgehead atoms. The van der Waals surface area contributed by atoms with Gasteiger partial charge in [0.15, 0.2) is 0 Å². The van der Waals surface area contributed by atoms with Crippen LogP contribution in [0.2, 0.25) is 0 Å². The van der Waals surface area contributed by atoms with Crippen molar-refractivity contribution in [3.8, 4) is 0 Å². The van der Waals surface area contributed by atoms with Gasteiger partial charge in [-0.15, -0.1) is 16.5 Å². The molecule has 9 heteroatoms. The second-order valence-corrected chi connectivity index (χ2v) is 2.12. The molecular formula is CH4ClKO5P2+2. The van der Waals surface area contributed by atoms with Gasteiger partial charge in [-0.1, -0.05) is 0 Å². The molecule has 10 heavy (non-hydrogen) atoms. The topological polar surface area (TPSA) is 86.7 Å². The molecule has 0 rings (SSSR count). The Hall–Kier alpha value is 2.01. The average Bonchev–Trinajstić information content (AvgIpc) is 1.68. The van der Waals surface area contributed by atoms with Crippen LogP contribution in [-0.2, 0) is 13.4 Å². The predicted molar refractivity (Wildman–Crippen MR) is 30.3 cm³/mol. The first kappa shape index (κ1) is 17.9. The molecule has 0 saturated carbocycles. The van der Waals surface area contributed by atoms with Gasteiger partial charge in [-0.2, -0.15) is 0 Å². The molecule has 0 heterocycles. The summed E-state index contributed by atoms with van der Waals surface area (Å²) in [5, 5.41) is 0. The summed E-state index contributed by atoms with van der Waals surface area (Å²) < 4.78 is 21.9. The minimum absolute atomic E-state index is 0. The third-order valence-corrected chi connectivity index (χ3v) is 1.23. The van der Waals surface area contributed by atoms with E-state index in [1.807, 2.05) is 0 Å². The largest absolute Gasteiger partial charge is 1.00 e. The minimum Gasteiger partial charge on any atom is -0.563 e. The van der Waals surface area contributed by atoms with Gasteiger partial charge < -0.3 is 4.89 Å². The maximum absolute atomic E-state index is 9.35. The molecule has 0 amide bonds. The molecule has 2 unspecified atom stereocenters. The van der Waals surface area contributed by atoms with Crippen molar-refractivity contribution in [2.75, 3.05) is 6.38 Å². The number of hydrogen-bond acceptors (Lipinski definition) is 4. The van der Waals surface area contributed by atoms with Gasteiger partial charge in [0.2, 0.25) is 0 Å². The molecular weight excluding hydrogens is 229 g/mol. The normalized spacial score (nSPS) is 10.0. The molecule has 0 spiro atoms. The first-order valence-electron chi connectivity index (χ1n) is 1.49. The Balaban J connectivity index is -0.000000149. The van der Waals surface area contributed by atoms with Crippen LogP contribution in [0.4, 0.5) is 0 Å². The molecule has 5 nitrogen and oxygen atoms in total. The Bertz CT molecular complexity index is 95.8. The van der Waals surface area contributed by atoms with Gasteiger partial charge in [0.05, 0.1) is 0 Å². The maximum atomic E-state index is 9.35. The van der Waals surface area contributed by atoms with E-state index in [-0.39, 0.29) is 51.4 Å². The standard InChI is InChI=1S/CH3Cl.K.O5P2/c1-2;;1-6(2)5-7(3)4/h1H3;;/q;+1;/p+1. The van der Waals surface area contributed by atoms with Crippen LogP contribution in [0.25, 0.3) is 0 Å². The van der Waals surface area contributed by atoms with Crippen LogP contribution in [-0.4, -0.2) is 11.3 Å². The van der Waals surface area contributed by atoms with Gasteiger partial charge in [-0.05, 0) is 4.57 Å². The molecule has 0 aliphatic rings. The van der Waals surface area contributed by atoms with E-state index in [2.05, 4.69) is 15.9 Å². The Morgan fingerprint density at radius 1 is 1.50 bits per heavy atom. The zero-order valence-electron chi connectivity index (χ0n) is 5.35. The fourth-order valence-electron chi connectivity index (χ4n) is 0.0570. The number of hydrogen-bond donors (Lipinski definition) is 1. The summed E-state index contributed by atoms with van der Waals surface area (Å²) in [6.07, 6.45) is 1.47. The summed E-state index contributed by atoms with van der Waals surface area (Å²) in [6.45, 7) is 0. The molecule has 0 saturated heterocycles. The summed E-state index contributed by atoms with van der Waals surface area (Å²) in [5.41, 5.74) is 0. The number of halogens is 1. The second kappa shape index (κ2) is 13.6. The molecule has 0 radical (unpaired) electrons. The van der Waals surface area contributed by atoms with Crippen LogP contribution >= 0.6 is 28.1 Å². The second-order valence-electron chi connectivity index (χ2n) is 0.543. The summed E-state index contributed by atoms with van der Waals surface area (Å²) in [4.78, 5) is 16.9. The average molecular weight is 233 g/mol. The van der Waals surface area contributed by atoms with Crippen LogP contribution in [0.15, 0.2) is 0 Å². The Kier molecular flexibility index (Phi) is 24.4. The SMILES string of the molecule is CCl.O=[P+]([O-])O[P+](=O)O.[K+]. The van der Waals surface area contributed by atoms with E-state index in [9.17, 15) is 14.0 Å². The number of rotatable bonds is 2. The third-order valence-electron chi connectivity index (χ3n) is 0.137. The van der Waals surface area contributed by atoms with E-state index in [1.54, 1.807) is 0 Å².